The number of carbonyl (C=O) groups excluding carboxylic acids is 1. The van der Waals surface area contributed by atoms with Crippen molar-refractivity contribution in [3.63, 3.8) is 0 Å². The Morgan fingerprint density at radius 3 is 2.71 bits per heavy atom. The molecule has 0 amide bonds. The summed E-state index contributed by atoms with van der Waals surface area (Å²) in [6, 6.07) is 0. The number of Topliss-reactive ketones (excluding diaryl/α,β-unsaturated/α-hetero) is 1. The zero-order valence-electron chi connectivity index (χ0n) is 8.36. The number of carboxylic acid groups (broad SMARTS) is 1. The molecule has 2 atom stereocenters. The van der Waals surface area contributed by atoms with Gasteiger partial charge in [-0.05, 0) is 19.8 Å². The average Bonchev–Trinajstić information content (AvgIpc) is 2.14. The molecule has 0 aromatic heterocycles. The number of hydrogen-bond donors (Lipinski definition) is 1. The van der Waals surface area contributed by atoms with E-state index in [-0.39, 0.29) is 30.6 Å². The molecule has 0 aliphatic carbocycles. The summed E-state index contributed by atoms with van der Waals surface area (Å²) < 4.78 is 5.32. The molecule has 1 aliphatic heterocycles. The maximum Gasteiger partial charge on any atom is 0.303 e. The van der Waals surface area contributed by atoms with E-state index in [1.165, 1.54) is 0 Å². The average molecular weight is 200 g/mol. The van der Waals surface area contributed by atoms with E-state index in [1.54, 1.807) is 0 Å². The molecule has 0 bridgehead atoms. The van der Waals surface area contributed by atoms with Crippen molar-refractivity contribution in [2.24, 2.45) is 5.92 Å². The van der Waals surface area contributed by atoms with Crippen molar-refractivity contribution in [3.05, 3.63) is 0 Å². The van der Waals surface area contributed by atoms with Gasteiger partial charge in [0, 0.05) is 18.9 Å². The molecule has 0 radical (unpaired) electrons. The summed E-state index contributed by atoms with van der Waals surface area (Å²) in [6.07, 6.45) is 1.71. The molecule has 0 aromatic carbocycles. The van der Waals surface area contributed by atoms with Crippen LogP contribution in [0.2, 0.25) is 0 Å². The van der Waals surface area contributed by atoms with Crippen LogP contribution in [0.4, 0.5) is 0 Å². The number of carbonyl (C=O) groups is 2. The molecule has 4 nitrogen and oxygen atoms in total. The first-order chi connectivity index (χ1) is 6.59. The Kier molecular flexibility index (Phi) is 4.07. The molecule has 0 aromatic rings. The minimum atomic E-state index is -0.904. The third-order valence-electron chi connectivity index (χ3n) is 2.53. The third kappa shape index (κ3) is 3.46. The fourth-order valence-corrected chi connectivity index (χ4v) is 1.72. The van der Waals surface area contributed by atoms with Gasteiger partial charge >= 0.3 is 5.97 Å². The van der Waals surface area contributed by atoms with Gasteiger partial charge in [-0.15, -0.1) is 0 Å². The van der Waals surface area contributed by atoms with E-state index in [1.807, 2.05) is 6.92 Å². The first-order valence-electron chi connectivity index (χ1n) is 4.95. The topological polar surface area (TPSA) is 63.6 Å². The van der Waals surface area contributed by atoms with Gasteiger partial charge in [0.2, 0.25) is 0 Å². The maximum atomic E-state index is 11.5. The van der Waals surface area contributed by atoms with Crippen LogP contribution in [0.3, 0.4) is 0 Å². The van der Waals surface area contributed by atoms with Gasteiger partial charge in [0.05, 0.1) is 12.5 Å². The monoisotopic (exact) mass is 200 g/mol. The number of aliphatic carboxylic acids is 1. The molecule has 1 heterocycles. The highest BCUT2D eigenvalue weighted by Crippen LogP contribution is 2.22. The Bertz CT molecular complexity index is 224. The summed E-state index contributed by atoms with van der Waals surface area (Å²) in [4.78, 5) is 21.8. The lowest BCUT2D eigenvalue weighted by molar-refractivity contribution is -0.139. The number of rotatable bonds is 4. The molecular weight excluding hydrogens is 184 g/mol. The minimum absolute atomic E-state index is 0.0121. The lowest BCUT2D eigenvalue weighted by Crippen LogP contribution is -2.28. The number of ether oxygens (including phenoxy) is 1. The van der Waals surface area contributed by atoms with Gasteiger partial charge in [-0.1, -0.05) is 0 Å². The molecule has 1 fully saturated rings. The van der Waals surface area contributed by atoms with Crippen LogP contribution >= 0.6 is 0 Å². The summed E-state index contributed by atoms with van der Waals surface area (Å²) in [7, 11) is 0. The van der Waals surface area contributed by atoms with Crippen molar-refractivity contribution >= 4 is 11.8 Å². The summed E-state index contributed by atoms with van der Waals surface area (Å²) >= 11 is 0. The van der Waals surface area contributed by atoms with E-state index in [0.29, 0.717) is 6.61 Å². The number of ketones is 1. The first kappa shape index (κ1) is 11.2. The van der Waals surface area contributed by atoms with Crippen molar-refractivity contribution in [1.29, 1.82) is 0 Å². The number of carboxylic acids is 1. The highest BCUT2D eigenvalue weighted by molar-refractivity contribution is 5.84. The molecule has 1 aliphatic rings. The summed E-state index contributed by atoms with van der Waals surface area (Å²) in [5.74, 6) is -0.820. The van der Waals surface area contributed by atoms with Gasteiger partial charge in [-0.3, -0.25) is 9.59 Å². The van der Waals surface area contributed by atoms with Crippen molar-refractivity contribution in [2.75, 3.05) is 6.61 Å². The Balaban J connectivity index is 2.32. The van der Waals surface area contributed by atoms with E-state index in [2.05, 4.69) is 0 Å². The zero-order chi connectivity index (χ0) is 10.6. The van der Waals surface area contributed by atoms with Gasteiger partial charge < -0.3 is 9.84 Å². The fourth-order valence-electron chi connectivity index (χ4n) is 1.72. The highest BCUT2D eigenvalue weighted by Gasteiger charge is 2.25. The molecule has 1 N–H and O–H groups in total. The van der Waals surface area contributed by atoms with E-state index >= 15 is 0 Å². The third-order valence-corrected chi connectivity index (χ3v) is 2.53. The molecular formula is C10H16O4. The second-order valence-corrected chi connectivity index (χ2v) is 3.76. The predicted molar refractivity (Wildman–Crippen MR) is 50.0 cm³/mol. The van der Waals surface area contributed by atoms with Gasteiger partial charge in [0.15, 0.2) is 0 Å². The maximum absolute atomic E-state index is 11.5. The van der Waals surface area contributed by atoms with E-state index in [0.717, 1.165) is 12.8 Å². The SMILES string of the molecule is CC1CC(C(=O)CCC(=O)O)CCO1. The molecule has 0 spiro atoms. The lowest BCUT2D eigenvalue weighted by Gasteiger charge is -2.26. The minimum Gasteiger partial charge on any atom is -0.481 e. The first-order valence-corrected chi connectivity index (χ1v) is 4.95. The van der Waals surface area contributed by atoms with Crippen LogP contribution in [0.15, 0.2) is 0 Å². The number of hydrogen-bond acceptors (Lipinski definition) is 3. The van der Waals surface area contributed by atoms with E-state index < -0.39 is 5.97 Å². The zero-order valence-corrected chi connectivity index (χ0v) is 8.36. The summed E-state index contributed by atoms with van der Waals surface area (Å²) in [5, 5.41) is 8.44. The Morgan fingerprint density at radius 1 is 1.43 bits per heavy atom. The van der Waals surface area contributed by atoms with Gasteiger partial charge in [0.25, 0.3) is 0 Å². The Morgan fingerprint density at radius 2 is 2.14 bits per heavy atom. The van der Waals surface area contributed by atoms with Crippen molar-refractivity contribution in [3.8, 4) is 0 Å². The van der Waals surface area contributed by atoms with Crippen LogP contribution in [-0.2, 0) is 14.3 Å². The molecule has 2 unspecified atom stereocenters. The molecule has 0 saturated carbocycles. The van der Waals surface area contributed by atoms with E-state index in [4.69, 9.17) is 9.84 Å². The van der Waals surface area contributed by atoms with Crippen LogP contribution in [0.25, 0.3) is 0 Å². The quantitative estimate of drug-likeness (QED) is 0.741. The summed E-state index contributed by atoms with van der Waals surface area (Å²) in [5.41, 5.74) is 0. The summed E-state index contributed by atoms with van der Waals surface area (Å²) in [6.45, 7) is 2.56. The van der Waals surface area contributed by atoms with Crippen molar-refractivity contribution < 1.29 is 19.4 Å². The van der Waals surface area contributed by atoms with Crippen molar-refractivity contribution in [2.45, 2.75) is 38.7 Å². The lowest BCUT2D eigenvalue weighted by atomic mass is 9.90. The van der Waals surface area contributed by atoms with Crippen LogP contribution in [0.5, 0.6) is 0 Å². The largest absolute Gasteiger partial charge is 0.481 e. The molecule has 80 valence electrons. The van der Waals surface area contributed by atoms with Gasteiger partial charge in [-0.2, -0.15) is 0 Å². The molecule has 1 rings (SSSR count). The smallest absolute Gasteiger partial charge is 0.303 e. The van der Waals surface area contributed by atoms with Crippen LogP contribution in [-0.4, -0.2) is 29.6 Å². The van der Waals surface area contributed by atoms with Gasteiger partial charge in [0.1, 0.15) is 5.78 Å². The second-order valence-electron chi connectivity index (χ2n) is 3.76. The molecule has 14 heavy (non-hydrogen) atoms. The van der Waals surface area contributed by atoms with Crippen LogP contribution in [0, 0.1) is 5.92 Å². The normalized spacial score (nSPS) is 27.2. The fraction of sp³-hybridized carbons (Fsp3) is 0.800. The molecule has 1 saturated heterocycles. The second kappa shape index (κ2) is 5.10. The van der Waals surface area contributed by atoms with Crippen LogP contribution in [0.1, 0.15) is 32.6 Å². The standard InChI is InChI=1S/C10H16O4/c1-7-6-8(4-5-14-7)9(11)2-3-10(12)13/h7-8H,2-6H2,1H3,(H,12,13). The predicted octanol–water partition coefficient (Wildman–Crippen LogP) is 1.24. The highest BCUT2D eigenvalue weighted by atomic mass is 16.5. The Hall–Kier alpha value is -0.900. The molecule has 4 heteroatoms. The van der Waals surface area contributed by atoms with Crippen LogP contribution < -0.4 is 0 Å². The van der Waals surface area contributed by atoms with Crippen molar-refractivity contribution in [1.82, 2.24) is 0 Å². The van der Waals surface area contributed by atoms with E-state index in [9.17, 15) is 9.59 Å². The van der Waals surface area contributed by atoms with Gasteiger partial charge in [-0.25, -0.2) is 0 Å². The Labute approximate surface area is 83.2 Å².